The number of nitrogen functional groups attached to an aromatic ring is 3. The van der Waals surface area contributed by atoms with Gasteiger partial charge in [0.15, 0.2) is 35.8 Å². The molecule has 0 aromatic carbocycles. The Morgan fingerprint density at radius 3 is 1.82 bits per heavy atom. The number of ether oxygens (including phenoxy) is 7. The molecule has 6 bridgehead atoms. The third kappa shape index (κ3) is 10.3. The van der Waals surface area contributed by atoms with Gasteiger partial charge in [-0.15, -0.1) is 0 Å². The predicted octanol–water partition coefficient (Wildman–Crippen LogP) is 0.521. The molecule has 6 aromatic rings. The van der Waals surface area contributed by atoms with Gasteiger partial charge in [-0.25, -0.2) is 34.5 Å². The number of nitrogens with two attached hydrogens (primary N) is 3. The maximum Gasteiger partial charge on any atom is 0.351 e. The average Bonchev–Trinajstić information content (AvgIpc) is 1.64. The van der Waals surface area contributed by atoms with Crippen molar-refractivity contribution in [1.29, 1.82) is 0 Å². The van der Waals surface area contributed by atoms with Crippen LogP contribution >= 0.6 is 20.2 Å². The van der Waals surface area contributed by atoms with Crippen LogP contribution in [0.3, 0.4) is 0 Å². The number of aromatic nitrogens is 11. The number of fused-ring (bicyclic) bond motifs is 8. The maximum absolute atomic E-state index is 13.6. The number of pyridine rings is 1. The fraction of sp³-hybridized carbons (Fsp3) is 0.604. The second kappa shape index (κ2) is 22.3. The second-order valence-corrected chi connectivity index (χ2v) is 30.9. The van der Waals surface area contributed by atoms with Gasteiger partial charge in [0.1, 0.15) is 82.8 Å². The molecule has 0 radical (unpaired) electrons. The molecular weight excluding hydrogens is 1280 g/mol. The number of aliphatic hydroxyl groups excluding tert-OH is 1. The highest BCUT2D eigenvalue weighted by Gasteiger charge is 2.72. The summed E-state index contributed by atoms with van der Waals surface area (Å²) in [4.78, 5) is 103. The molecule has 476 valence electrons. The van der Waals surface area contributed by atoms with Gasteiger partial charge in [0.25, 0.3) is 5.56 Å². The van der Waals surface area contributed by atoms with Crippen LogP contribution < -0.4 is 34.1 Å². The van der Waals surface area contributed by atoms with E-state index in [1.165, 1.54) is 53.6 Å². The normalized spacial score (nSPS) is 36.9. The van der Waals surface area contributed by atoms with Crippen LogP contribution in [0.4, 0.5) is 17.3 Å². The predicted molar refractivity (Wildman–Crippen MR) is 314 cm³/mol. The molecule has 7 aliphatic heterocycles. The minimum absolute atomic E-state index is 0.0149. The van der Waals surface area contributed by atoms with Gasteiger partial charge < -0.3 is 88.2 Å². The van der Waals surface area contributed by atoms with Gasteiger partial charge in [-0.1, -0.05) is 6.92 Å². The molecule has 7 unspecified atom stereocenters. The lowest BCUT2D eigenvalue weighted by atomic mass is 9.94. The van der Waals surface area contributed by atoms with Crippen LogP contribution in [-0.4, -0.2) is 177 Å². The zero-order chi connectivity index (χ0) is 62.5. The first-order chi connectivity index (χ1) is 41.6. The van der Waals surface area contributed by atoms with E-state index >= 15 is 0 Å². The van der Waals surface area contributed by atoms with Crippen molar-refractivity contribution in [2.45, 2.75) is 163 Å². The highest BCUT2D eigenvalue weighted by atomic mass is 32.5. The number of anilines is 3. The van der Waals surface area contributed by atoms with Gasteiger partial charge in [-0.05, 0) is 82.5 Å². The molecule has 13 heterocycles. The summed E-state index contributed by atoms with van der Waals surface area (Å²) in [5, 5.41) is 11.8. The molecule has 0 spiro atoms. The molecule has 13 rings (SSSR count). The molecule has 0 amide bonds. The number of nitrogens with one attached hydrogen (secondary N) is 1. The molecule has 6 aromatic heterocycles. The molecule has 34 nitrogen and oxygen atoms in total. The summed E-state index contributed by atoms with van der Waals surface area (Å²) < 4.78 is 88.4. The van der Waals surface area contributed by atoms with Crippen LogP contribution in [0.5, 0.6) is 0 Å². The zero-order valence-electron chi connectivity index (χ0n) is 47.3. The fourth-order valence-corrected chi connectivity index (χ4v) is 17.1. The van der Waals surface area contributed by atoms with Crippen LogP contribution in [-0.2, 0) is 95.7 Å². The Morgan fingerprint density at radius 2 is 1.19 bits per heavy atom. The highest BCUT2D eigenvalue weighted by molar-refractivity contribution is 8.07. The first-order valence-corrected chi connectivity index (χ1v) is 35.3. The number of aromatic amines is 1. The summed E-state index contributed by atoms with van der Waals surface area (Å²) >= 11 is 17.2. The number of H-pyrrole nitrogens is 1. The quantitative estimate of drug-likeness (QED) is 0.0483. The number of nitrogens with zero attached hydrogens (tertiary/aromatic N) is 10. The van der Waals surface area contributed by atoms with E-state index in [2.05, 4.69) is 34.9 Å². The molecule has 0 saturated carbocycles. The number of hydrogen-bond acceptors (Lipinski definition) is 29. The zero-order valence-corrected chi connectivity index (χ0v) is 52.5. The molecule has 88 heavy (non-hydrogen) atoms. The smallest absolute Gasteiger partial charge is 0.351 e. The first kappa shape index (κ1) is 62.2. The fourth-order valence-electron chi connectivity index (χ4n) is 12.7. The largest absolute Gasteiger partial charge is 0.397 e. The summed E-state index contributed by atoms with van der Waals surface area (Å²) in [5.41, 5.74) is 13.2. The highest BCUT2D eigenvalue weighted by Crippen LogP contribution is 2.63. The van der Waals surface area contributed by atoms with Gasteiger partial charge in [-0.3, -0.25) is 37.1 Å². The van der Waals surface area contributed by atoms with E-state index in [1.807, 2.05) is 0 Å². The molecule has 7 fully saturated rings. The van der Waals surface area contributed by atoms with Crippen molar-refractivity contribution < 1.29 is 80.1 Å². The number of imidazole rings is 2. The second-order valence-electron chi connectivity index (χ2n) is 22.5. The molecule has 7 aliphatic rings. The van der Waals surface area contributed by atoms with E-state index in [4.69, 9.17) is 113 Å². The molecule has 7 saturated heterocycles. The Hall–Kier alpha value is -4.60. The lowest BCUT2D eigenvalue weighted by Crippen LogP contribution is -2.52. The van der Waals surface area contributed by atoms with Gasteiger partial charge in [0.2, 0.25) is 0 Å². The van der Waals surface area contributed by atoms with Crippen molar-refractivity contribution in [3.8, 4) is 0 Å². The minimum atomic E-state index is -4.67. The first-order valence-electron chi connectivity index (χ1n) is 27.6. The van der Waals surface area contributed by atoms with Crippen molar-refractivity contribution >= 4 is 95.2 Å². The summed E-state index contributed by atoms with van der Waals surface area (Å²) in [6.45, 7) is -5.58. The number of aryl methyl sites for hydroxylation is 2. The average molecular weight is 1340 g/mol. The van der Waals surface area contributed by atoms with E-state index in [1.54, 1.807) is 45.3 Å². The number of aliphatic hydroxyl groups is 1. The van der Waals surface area contributed by atoms with Crippen molar-refractivity contribution in [2.75, 3.05) is 37.0 Å². The third-order valence-corrected chi connectivity index (χ3v) is 22.0. The standard InChI is InChI=1S/C48H61N14O20P3S3/c1-7-25-26(10-27(76-25)59-12-20(3)40(64)58-45(59)66)80-83(67,86)71-14-47-22(5)74-31(42(78-47)60-11-19(2)36(50)57-44(60)65)34(47)81-85(69,88)72-15-48-23(6)75-32(43(79-48)62-18-56-29-37(51)53-16-54-39(29)62)35(48)82-84(68,87)70-13-46-21(4)73-30(33(46)63)41(77-46)61-17-55-28-24(49)8-9-52-38(28)61/h8-9,11-12,16-18,21-23,25-27,30-35,41-43,63H,7,10,13-15H2,1-6H3,(H2,49,52)(H,67,86)(H,68,87)(H,69,88)(H2,50,57,65)(H2,51,53,54)(H,58,64,66)/t21-,22-,23-,25+,26?,27+,30-,31-,32-,33?,34?,35?,41+,42+,43+,46-,47-,48-,83?,84?,85?/m0/s1. The van der Waals surface area contributed by atoms with E-state index in [0.29, 0.717) is 28.8 Å². The van der Waals surface area contributed by atoms with E-state index in [9.17, 15) is 34.2 Å². The monoisotopic (exact) mass is 1340 g/mol. The Labute approximate surface area is 512 Å². The van der Waals surface area contributed by atoms with Gasteiger partial charge in [0, 0.05) is 36.1 Å². The van der Waals surface area contributed by atoms with Gasteiger partial charge in [0.05, 0.1) is 68.7 Å². The van der Waals surface area contributed by atoms with Crippen LogP contribution in [0.25, 0.3) is 22.3 Å². The number of rotatable bonds is 20. The summed E-state index contributed by atoms with van der Waals surface area (Å²) in [6, 6.07) is 1.60. The van der Waals surface area contributed by atoms with Crippen LogP contribution in [0.2, 0.25) is 0 Å². The van der Waals surface area contributed by atoms with Crippen molar-refractivity contribution in [2.24, 2.45) is 0 Å². The minimum Gasteiger partial charge on any atom is -0.397 e. The Balaban J connectivity index is 0.771. The van der Waals surface area contributed by atoms with Crippen molar-refractivity contribution in [1.82, 2.24) is 53.2 Å². The SMILES string of the molecule is CC[C@H]1O[C@@H](n2cc(C)c(=O)[nH]c2=O)CC1OP(O)(=S)OC[C@]12O[C@@H](n3cc(C)c(N)nc3=O)[C@@H](O[C@H]1C)C2OP(O)(=S)OC[C@]12O[C@@H](n3cnc4c(N)ncnc43)[C@@H](O[C@H]1C)C2OP(O)(=S)OC[C@]12O[C@@H](n3cnc4c(N)ccnc43)[C@@H](O[C@H]1C)C2O. The summed E-state index contributed by atoms with van der Waals surface area (Å²) in [6.07, 6.45) is -7.70. The van der Waals surface area contributed by atoms with Crippen LogP contribution in [0.1, 0.15) is 76.6 Å². The van der Waals surface area contributed by atoms with Gasteiger partial charge in [-0.2, -0.15) is 4.98 Å². The molecule has 21 atom stereocenters. The Morgan fingerprint density at radius 1 is 0.670 bits per heavy atom. The topological polar surface area (TPSA) is 443 Å². The summed E-state index contributed by atoms with van der Waals surface area (Å²) in [7, 11) is 0. The van der Waals surface area contributed by atoms with Crippen LogP contribution in [0, 0.1) is 13.8 Å². The van der Waals surface area contributed by atoms with Crippen molar-refractivity contribution in [3.05, 3.63) is 86.1 Å². The summed E-state index contributed by atoms with van der Waals surface area (Å²) in [5.74, 6) is 0.0123. The Bertz CT molecular complexity index is 4110. The molecule has 40 heteroatoms. The molecular formula is C48H61N14O20P3S3. The molecule has 0 aliphatic carbocycles. The van der Waals surface area contributed by atoms with Gasteiger partial charge >= 0.3 is 31.5 Å². The van der Waals surface area contributed by atoms with E-state index in [0.717, 1.165) is 4.57 Å². The van der Waals surface area contributed by atoms with E-state index < -0.39 is 166 Å². The Kier molecular flexibility index (Phi) is 15.8. The van der Waals surface area contributed by atoms with Crippen molar-refractivity contribution in [3.63, 3.8) is 0 Å². The lowest BCUT2D eigenvalue weighted by Gasteiger charge is -2.39. The van der Waals surface area contributed by atoms with E-state index in [-0.39, 0.29) is 34.8 Å². The maximum atomic E-state index is 13.6. The lowest BCUT2D eigenvalue weighted by molar-refractivity contribution is -0.217. The van der Waals surface area contributed by atoms with Crippen LogP contribution in [0.15, 0.2) is 58.0 Å². The number of hydrogen-bond donors (Lipinski definition) is 8. The third-order valence-electron chi connectivity index (χ3n) is 17.4. The molecule has 11 N–H and O–H groups in total.